The zero-order valence-corrected chi connectivity index (χ0v) is 24.9. The molecule has 2 bridgehead atoms. The largest absolute Gasteiger partial charge is 0.494 e. The first kappa shape index (κ1) is 30.2. The van der Waals surface area contributed by atoms with E-state index in [-0.39, 0.29) is 35.6 Å². The van der Waals surface area contributed by atoms with Gasteiger partial charge >= 0.3 is 0 Å². The average Bonchev–Trinajstić information content (AvgIpc) is 3.59. The highest BCUT2D eigenvalue weighted by molar-refractivity contribution is 8.02. The van der Waals surface area contributed by atoms with Crippen molar-refractivity contribution in [1.29, 1.82) is 0 Å². The Morgan fingerprint density at radius 3 is 2.40 bits per heavy atom. The molecule has 0 aromatic heterocycles. The Hall–Kier alpha value is -2.78. The van der Waals surface area contributed by atoms with Crippen LogP contribution in [0.3, 0.4) is 0 Å². The van der Waals surface area contributed by atoms with Gasteiger partial charge in [0.15, 0.2) is 0 Å². The van der Waals surface area contributed by atoms with Crippen molar-refractivity contribution in [2.24, 2.45) is 11.8 Å². The molecule has 0 aliphatic carbocycles. The zero-order valence-electron chi connectivity index (χ0n) is 24.1. The van der Waals surface area contributed by atoms with Gasteiger partial charge in [-0.3, -0.25) is 14.4 Å². The molecule has 3 aliphatic rings. The Kier molecular flexibility index (Phi) is 9.35. The van der Waals surface area contributed by atoms with Gasteiger partial charge < -0.3 is 24.5 Å². The highest BCUT2D eigenvalue weighted by Gasteiger charge is 2.74. The molecule has 2 unspecified atom stereocenters. The van der Waals surface area contributed by atoms with Crippen LogP contribution in [0.4, 0.5) is 5.69 Å². The van der Waals surface area contributed by atoms with Gasteiger partial charge in [-0.25, -0.2) is 0 Å². The van der Waals surface area contributed by atoms with Gasteiger partial charge in [0.05, 0.1) is 35.8 Å². The molecule has 8 nitrogen and oxygen atoms in total. The summed E-state index contributed by atoms with van der Waals surface area (Å²) in [6.07, 6.45) is 5.34. The maximum Gasteiger partial charge on any atom is 0.247 e. The number of nitrogens with zero attached hydrogens (tertiary/aromatic N) is 3. The zero-order chi connectivity index (χ0) is 29.2. The Balaban J connectivity index is 1.76. The third-order valence-corrected chi connectivity index (χ3v) is 10.6. The number of fused-ring (bicyclic) bond motifs is 1. The lowest BCUT2D eigenvalue weighted by atomic mass is 9.70. The lowest BCUT2D eigenvalue weighted by Crippen LogP contribution is -2.58. The highest BCUT2D eigenvalue weighted by atomic mass is 32.2. The minimum Gasteiger partial charge on any atom is -0.494 e. The lowest BCUT2D eigenvalue weighted by Gasteiger charge is -2.40. The molecular formula is C31H43N3O5S. The molecule has 0 saturated carbocycles. The van der Waals surface area contributed by atoms with Crippen molar-refractivity contribution in [1.82, 2.24) is 9.80 Å². The average molecular weight is 570 g/mol. The molecule has 218 valence electrons. The van der Waals surface area contributed by atoms with Crippen LogP contribution in [0.1, 0.15) is 47.0 Å². The minimum atomic E-state index is -0.740. The van der Waals surface area contributed by atoms with E-state index in [9.17, 15) is 19.5 Å². The van der Waals surface area contributed by atoms with Crippen molar-refractivity contribution in [3.05, 3.63) is 49.6 Å². The highest BCUT2D eigenvalue weighted by Crippen LogP contribution is 2.67. The first-order valence-corrected chi connectivity index (χ1v) is 15.3. The van der Waals surface area contributed by atoms with Crippen molar-refractivity contribution >= 4 is 35.2 Å². The van der Waals surface area contributed by atoms with Gasteiger partial charge in [0.25, 0.3) is 0 Å². The number of aliphatic hydroxyl groups is 1. The summed E-state index contributed by atoms with van der Waals surface area (Å²) in [7, 11) is 0. The predicted molar refractivity (Wildman–Crippen MR) is 159 cm³/mol. The molecule has 3 aliphatic heterocycles. The fraction of sp³-hybridized carbons (Fsp3) is 0.581. The summed E-state index contributed by atoms with van der Waals surface area (Å²) in [6, 6.07) is 6.06. The molecule has 1 aromatic rings. The lowest BCUT2D eigenvalue weighted by molar-refractivity contribution is -0.146. The normalized spacial score (nSPS) is 27.4. The van der Waals surface area contributed by atoms with Gasteiger partial charge in [0, 0.05) is 30.1 Å². The number of benzene rings is 1. The van der Waals surface area contributed by atoms with E-state index in [0.29, 0.717) is 38.2 Å². The van der Waals surface area contributed by atoms with Crippen molar-refractivity contribution in [2.45, 2.75) is 75.1 Å². The van der Waals surface area contributed by atoms with E-state index in [1.54, 1.807) is 38.6 Å². The van der Waals surface area contributed by atoms with Crippen LogP contribution in [0.5, 0.6) is 5.75 Å². The third kappa shape index (κ3) is 4.96. The van der Waals surface area contributed by atoms with Gasteiger partial charge in [-0.1, -0.05) is 19.1 Å². The van der Waals surface area contributed by atoms with E-state index < -0.39 is 28.7 Å². The Labute approximate surface area is 242 Å². The molecule has 3 fully saturated rings. The van der Waals surface area contributed by atoms with Crippen molar-refractivity contribution in [3.8, 4) is 5.75 Å². The number of anilines is 1. The first-order valence-electron chi connectivity index (χ1n) is 14.4. The number of aliphatic hydroxyl groups excluding tert-OH is 1. The quantitative estimate of drug-likeness (QED) is 0.363. The second kappa shape index (κ2) is 12.4. The van der Waals surface area contributed by atoms with Crippen LogP contribution in [-0.4, -0.2) is 87.1 Å². The molecule has 3 amide bonds. The Morgan fingerprint density at radius 2 is 1.85 bits per heavy atom. The molecule has 0 radical (unpaired) electrons. The smallest absolute Gasteiger partial charge is 0.247 e. The number of ether oxygens (including phenoxy) is 1. The summed E-state index contributed by atoms with van der Waals surface area (Å²) in [5.74, 6) is -0.933. The maximum atomic E-state index is 14.4. The topological polar surface area (TPSA) is 90.4 Å². The second-order valence-corrected chi connectivity index (χ2v) is 12.7. The van der Waals surface area contributed by atoms with Crippen LogP contribution in [-0.2, 0) is 14.4 Å². The molecular weight excluding hydrogens is 526 g/mol. The number of likely N-dealkylation sites (tertiary alicyclic amines) is 1. The van der Waals surface area contributed by atoms with Crippen LogP contribution in [0.25, 0.3) is 0 Å². The van der Waals surface area contributed by atoms with Gasteiger partial charge in [0.1, 0.15) is 11.8 Å². The monoisotopic (exact) mass is 569 g/mol. The van der Waals surface area contributed by atoms with Gasteiger partial charge in [-0.15, -0.1) is 24.9 Å². The summed E-state index contributed by atoms with van der Waals surface area (Å²) in [5.41, 5.74) is 0.712. The third-order valence-electron chi connectivity index (χ3n) is 8.60. The van der Waals surface area contributed by atoms with Crippen molar-refractivity contribution in [2.75, 3.05) is 31.2 Å². The van der Waals surface area contributed by atoms with Gasteiger partial charge in [0.2, 0.25) is 17.7 Å². The molecule has 1 aromatic carbocycles. The summed E-state index contributed by atoms with van der Waals surface area (Å²) in [5, 5.41) is 10.2. The van der Waals surface area contributed by atoms with E-state index in [1.807, 2.05) is 52.0 Å². The van der Waals surface area contributed by atoms with Crippen molar-refractivity contribution < 1.29 is 24.2 Å². The molecule has 4 rings (SSSR count). The SMILES string of the molecule is C=CCN(C(=O)[C@@H]1[C@@H]2CCC3(S2)C(C(=O)N(CC=C)C(C)C)N([C@@H](CC)CO)C(=O)[C@H]13)c1ccc(OCC)cc1. The molecule has 3 heterocycles. The molecule has 1 spiro atoms. The summed E-state index contributed by atoms with van der Waals surface area (Å²) in [4.78, 5) is 48.1. The molecule has 3 saturated heterocycles. The first-order chi connectivity index (χ1) is 19.2. The van der Waals surface area contributed by atoms with E-state index in [1.165, 1.54) is 0 Å². The predicted octanol–water partition coefficient (Wildman–Crippen LogP) is 3.89. The molecule has 9 heteroatoms. The van der Waals surface area contributed by atoms with Crippen LogP contribution >= 0.6 is 11.8 Å². The number of amides is 3. The van der Waals surface area contributed by atoms with Crippen LogP contribution in [0.2, 0.25) is 0 Å². The number of carbonyl (C=O) groups excluding carboxylic acids is 3. The van der Waals surface area contributed by atoms with Crippen molar-refractivity contribution in [3.63, 3.8) is 0 Å². The van der Waals surface area contributed by atoms with Gasteiger partial charge in [-0.05, 0) is 64.3 Å². The number of carbonyl (C=O) groups is 3. The maximum absolute atomic E-state index is 14.4. The van der Waals surface area contributed by atoms with Crippen LogP contribution in [0, 0.1) is 11.8 Å². The second-order valence-electron chi connectivity index (χ2n) is 11.1. The van der Waals surface area contributed by atoms with E-state index in [0.717, 1.165) is 12.2 Å². The Bertz CT molecular complexity index is 1120. The number of hydrogen-bond acceptors (Lipinski definition) is 6. The van der Waals surface area contributed by atoms with E-state index in [2.05, 4.69) is 13.2 Å². The summed E-state index contributed by atoms with van der Waals surface area (Å²) in [6.45, 7) is 16.4. The van der Waals surface area contributed by atoms with Gasteiger partial charge in [-0.2, -0.15) is 0 Å². The molecule has 40 heavy (non-hydrogen) atoms. The number of rotatable bonds is 13. The van der Waals surface area contributed by atoms with Crippen LogP contribution < -0.4 is 9.64 Å². The fourth-order valence-electron chi connectivity index (χ4n) is 6.83. The Morgan fingerprint density at radius 1 is 1.18 bits per heavy atom. The standard InChI is InChI=1S/C31H43N3O5S/c1-7-17-32(20(5)6)30(38)27-31-16-15-24(40-31)25(26(31)29(37)34(27)21(9-3)19-35)28(36)33(18-8-2)22-11-13-23(14-12-22)39-10-4/h7-8,11-14,20-21,24-27,35H,1-2,9-10,15-19H2,3-6H3/t21-,24-,25+,26-,27?,31?/m0/s1. The van der Waals surface area contributed by atoms with E-state index in [4.69, 9.17) is 4.74 Å². The van der Waals surface area contributed by atoms with Crippen LogP contribution in [0.15, 0.2) is 49.6 Å². The fourth-order valence-corrected chi connectivity index (χ4v) is 9.02. The molecule has 1 N–H and O–H groups in total. The minimum absolute atomic E-state index is 0.0602. The summed E-state index contributed by atoms with van der Waals surface area (Å²) >= 11 is 1.64. The van der Waals surface area contributed by atoms with E-state index >= 15 is 0 Å². The number of hydrogen-bond donors (Lipinski definition) is 1. The summed E-state index contributed by atoms with van der Waals surface area (Å²) < 4.78 is 4.86. The number of thioether (sulfide) groups is 1. The molecule has 6 atom stereocenters.